The van der Waals surface area contributed by atoms with Crippen LogP contribution in [0.25, 0.3) is 0 Å². The molecule has 2 amide bonds. The van der Waals surface area contributed by atoms with Gasteiger partial charge in [-0.2, -0.15) is 0 Å². The summed E-state index contributed by atoms with van der Waals surface area (Å²) < 4.78 is 5.04. The highest BCUT2D eigenvalue weighted by Crippen LogP contribution is 2.20. The zero-order valence-electron chi connectivity index (χ0n) is 14.7. The SMILES string of the molecule is CCOC(=O)N1CCN(c2cncc(C(=O)NC3CCCC3)c2)CC1. The van der Waals surface area contributed by atoms with Gasteiger partial charge in [0, 0.05) is 38.4 Å². The van der Waals surface area contributed by atoms with Gasteiger partial charge in [-0.1, -0.05) is 12.8 Å². The van der Waals surface area contributed by atoms with Crippen molar-refractivity contribution in [2.45, 2.75) is 38.6 Å². The smallest absolute Gasteiger partial charge is 0.409 e. The van der Waals surface area contributed by atoms with Crippen LogP contribution in [-0.2, 0) is 4.74 Å². The normalized spacial score (nSPS) is 18.3. The van der Waals surface area contributed by atoms with Crippen molar-refractivity contribution in [3.63, 3.8) is 0 Å². The maximum atomic E-state index is 12.4. The van der Waals surface area contributed by atoms with E-state index in [-0.39, 0.29) is 12.0 Å². The van der Waals surface area contributed by atoms with E-state index in [1.54, 1.807) is 17.3 Å². The van der Waals surface area contributed by atoms with Crippen molar-refractivity contribution in [2.24, 2.45) is 0 Å². The van der Waals surface area contributed by atoms with Gasteiger partial charge >= 0.3 is 6.09 Å². The number of rotatable bonds is 4. The molecule has 1 aliphatic carbocycles. The minimum atomic E-state index is -0.259. The molecule has 2 aliphatic rings. The first-order valence-electron chi connectivity index (χ1n) is 9.10. The van der Waals surface area contributed by atoms with Gasteiger partial charge in [0.1, 0.15) is 0 Å². The number of carbonyl (C=O) groups is 2. The van der Waals surface area contributed by atoms with Crippen molar-refractivity contribution in [3.05, 3.63) is 24.0 Å². The van der Waals surface area contributed by atoms with Crippen molar-refractivity contribution in [3.8, 4) is 0 Å². The van der Waals surface area contributed by atoms with Crippen molar-refractivity contribution in [1.29, 1.82) is 0 Å². The fourth-order valence-corrected chi connectivity index (χ4v) is 3.43. The van der Waals surface area contributed by atoms with Gasteiger partial charge in [-0.15, -0.1) is 0 Å². The van der Waals surface area contributed by atoms with Crippen LogP contribution in [0.5, 0.6) is 0 Å². The third-order valence-corrected chi connectivity index (χ3v) is 4.85. The molecule has 7 heteroatoms. The Hall–Kier alpha value is -2.31. The van der Waals surface area contributed by atoms with Crippen molar-refractivity contribution in [2.75, 3.05) is 37.7 Å². The van der Waals surface area contributed by atoms with E-state index >= 15 is 0 Å². The molecule has 2 fully saturated rings. The van der Waals surface area contributed by atoms with E-state index in [1.807, 2.05) is 13.0 Å². The summed E-state index contributed by atoms with van der Waals surface area (Å²) in [6.07, 6.45) is 7.63. The van der Waals surface area contributed by atoms with Crippen LogP contribution in [0.15, 0.2) is 18.5 Å². The first kappa shape index (κ1) is 17.5. The highest BCUT2D eigenvalue weighted by Gasteiger charge is 2.23. The fourth-order valence-electron chi connectivity index (χ4n) is 3.43. The molecule has 25 heavy (non-hydrogen) atoms. The first-order valence-corrected chi connectivity index (χ1v) is 9.10. The summed E-state index contributed by atoms with van der Waals surface area (Å²) in [5, 5.41) is 3.09. The van der Waals surface area contributed by atoms with Gasteiger partial charge in [-0.05, 0) is 25.8 Å². The lowest BCUT2D eigenvalue weighted by molar-refractivity contribution is 0.0937. The molecule has 1 aromatic heterocycles. The Morgan fingerprint density at radius 2 is 1.92 bits per heavy atom. The molecular formula is C18H26N4O3. The number of nitrogens with one attached hydrogen (secondary N) is 1. The number of anilines is 1. The Kier molecular flexibility index (Phi) is 5.73. The van der Waals surface area contributed by atoms with Gasteiger partial charge < -0.3 is 19.9 Å². The van der Waals surface area contributed by atoms with Crippen LogP contribution in [0.3, 0.4) is 0 Å². The number of hydrogen-bond donors (Lipinski definition) is 1. The first-order chi connectivity index (χ1) is 12.2. The van der Waals surface area contributed by atoms with E-state index in [1.165, 1.54) is 12.8 Å². The van der Waals surface area contributed by atoms with E-state index in [4.69, 9.17) is 4.74 Å². The Bertz CT molecular complexity index is 608. The number of pyridine rings is 1. The van der Waals surface area contributed by atoms with Crippen LogP contribution < -0.4 is 10.2 Å². The van der Waals surface area contributed by atoms with Gasteiger partial charge in [-0.25, -0.2) is 4.79 Å². The molecule has 0 atom stereocenters. The van der Waals surface area contributed by atoms with Crippen LogP contribution in [0.2, 0.25) is 0 Å². The Balaban J connectivity index is 1.58. The number of nitrogens with zero attached hydrogens (tertiary/aromatic N) is 3. The number of hydrogen-bond acceptors (Lipinski definition) is 5. The summed E-state index contributed by atoms with van der Waals surface area (Å²) >= 11 is 0. The number of carbonyl (C=O) groups excluding carboxylic acids is 2. The maximum absolute atomic E-state index is 12.4. The van der Waals surface area contributed by atoms with E-state index < -0.39 is 0 Å². The molecule has 1 saturated heterocycles. The quantitative estimate of drug-likeness (QED) is 0.903. The van der Waals surface area contributed by atoms with E-state index in [2.05, 4.69) is 15.2 Å². The van der Waals surface area contributed by atoms with Crippen LogP contribution in [-0.4, -0.2) is 60.7 Å². The summed E-state index contributed by atoms with van der Waals surface area (Å²) in [5.74, 6) is -0.0496. The van der Waals surface area contributed by atoms with Crippen LogP contribution in [0.1, 0.15) is 43.0 Å². The second-order valence-electron chi connectivity index (χ2n) is 6.56. The van der Waals surface area contributed by atoms with Crippen LogP contribution in [0, 0.1) is 0 Å². The van der Waals surface area contributed by atoms with E-state index in [0.717, 1.165) is 18.5 Å². The molecule has 0 bridgehead atoms. The predicted molar refractivity (Wildman–Crippen MR) is 94.8 cm³/mol. The molecule has 0 spiro atoms. The number of amides is 2. The maximum Gasteiger partial charge on any atom is 0.409 e. The third kappa shape index (κ3) is 4.41. The Labute approximate surface area is 148 Å². The minimum absolute atomic E-state index is 0.0496. The molecule has 0 radical (unpaired) electrons. The highest BCUT2D eigenvalue weighted by atomic mass is 16.6. The monoisotopic (exact) mass is 346 g/mol. The highest BCUT2D eigenvalue weighted by molar-refractivity contribution is 5.95. The van der Waals surface area contributed by atoms with Crippen LogP contribution in [0.4, 0.5) is 10.5 Å². The molecule has 3 rings (SSSR count). The molecule has 1 N–H and O–H groups in total. The van der Waals surface area contributed by atoms with E-state index in [9.17, 15) is 9.59 Å². The molecule has 1 saturated carbocycles. The van der Waals surface area contributed by atoms with Gasteiger partial charge in [0.2, 0.25) is 0 Å². The zero-order chi connectivity index (χ0) is 17.6. The second kappa shape index (κ2) is 8.18. The lowest BCUT2D eigenvalue weighted by Gasteiger charge is -2.35. The van der Waals surface area contributed by atoms with Crippen LogP contribution >= 0.6 is 0 Å². The fraction of sp³-hybridized carbons (Fsp3) is 0.611. The summed E-state index contributed by atoms with van der Waals surface area (Å²) in [6, 6.07) is 2.18. The topological polar surface area (TPSA) is 74.8 Å². The lowest BCUT2D eigenvalue weighted by Crippen LogP contribution is -2.49. The van der Waals surface area contributed by atoms with Crippen molar-refractivity contribution < 1.29 is 14.3 Å². The Morgan fingerprint density at radius 1 is 1.20 bits per heavy atom. The molecule has 136 valence electrons. The number of piperazine rings is 1. The number of ether oxygens (including phenoxy) is 1. The molecule has 2 heterocycles. The minimum Gasteiger partial charge on any atom is -0.450 e. The largest absolute Gasteiger partial charge is 0.450 e. The molecule has 0 unspecified atom stereocenters. The predicted octanol–water partition coefficient (Wildman–Crippen LogP) is 2.03. The van der Waals surface area contributed by atoms with Gasteiger partial charge in [0.25, 0.3) is 5.91 Å². The van der Waals surface area contributed by atoms with Gasteiger partial charge in [0.05, 0.1) is 24.1 Å². The summed E-state index contributed by atoms with van der Waals surface area (Å²) in [4.78, 5) is 32.3. The second-order valence-corrected chi connectivity index (χ2v) is 6.56. The average Bonchev–Trinajstić information content (AvgIpc) is 3.15. The average molecular weight is 346 g/mol. The lowest BCUT2D eigenvalue weighted by atomic mass is 10.2. The zero-order valence-corrected chi connectivity index (χ0v) is 14.7. The standard InChI is InChI=1S/C18H26N4O3/c1-2-25-18(24)22-9-7-21(8-10-22)16-11-14(12-19-13-16)17(23)20-15-5-3-4-6-15/h11-13,15H,2-10H2,1H3,(H,20,23). The molecule has 7 nitrogen and oxygen atoms in total. The summed E-state index contributed by atoms with van der Waals surface area (Å²) in [7, 11) is 0. The molecule has 1 aliphatic heterocycles. The van der Waals surface area contributed by atoms with Crippen molar-refractivity contribution in [1.82, 2.24) is 15.2 Å². The summed E-state index contributed by atoms with van der Waals surface area (Å²) in [6.45, 7) is 4.82. The van der Waals surface area contributed by atoms with Crippen molar-refractivity contribution >= 4 is 17.7 Å². The Morgan fingerprint density at radius 3 is 2.60 bits per heavy atom. The molecular weight excluding hydrogens is 320 g/mol. The molecule has 0 aromatic carbocycles. The molecule has 1 aromatic rings. The summed E-state index contributed by atoms with van der Waals surface area (Å²) in [5.41, 5.74) is 1.51. The van der Waals surface area contributed by atoms with Gasteiger partial charge in [-0.3, -0.25) is 9.78 Å². The number of aromatic nitrogens is 1. The van der Waals surface area contributed by atoms with E-state index in [0.29, 0.717) is 44.4 Å². The third-order valence-electron chi connectivity index (χ3n) is 4.85. The van der Waals surface area contributed by atoms with Gasteiger partial charge in [0.15, 0.2) is 0 Å².